The predicted molar refractivity (Wildman–Crippen MR) is 95.7 cm³/mol. The Morgan fingerprint density at radius 1 is 1.22 bits per heavy atom. The van der Waals surface area contributed by atoms with E-state index >= 15 is 0 Å². The van der Waals surface area contributed by atoms with Crippen molar-refractivity contribution in [2.24, 2.45) is 0 Å². The van der Waals surface area contributed by atoms with Gasteiger partial charge in [0.2, 0.25) is 0 Å². The molecule has 1 aliphatic rings. The normalized spacial score (nSPS) is 20.5. The van der Waals surface area contributed by atoms with Crippen LogP contribution in [0.5, 0.6) is 0 Å². The molecule has 2 atom stereocenters. The maximum Gasteiger partial charge on any atom is 0.0952 e. The Morgan fingerprint density at radius 3 is 2.78 bits per heavy atom. The van der Waals surface area contributed by atoms with Gasteiger partial charge in [-0.25, -0.2) is 4.98 Å². The Balaban J connectivity index is 1.57. The first-order valence-electron chi connectivity index (χ1n) is 9.02. The van der Waals surface area contributed by atoms with Crippen LogP contribution >= 0.6 is 0 Å². The highest BCUT2D eigenvalue weighted by molar-refractivity contribution is 5.14. The van der Waals surface area contributed by atoms with Gasteiger partial charge in [0.15, 0.2) is 0 Å². The standard InChI is InChI=1S/C20H29N3/c1-17-15-23(16-21-17)18(2)20-12-6-7-13-22(20)14-8-11-19-9-4-3-5-10-19/h3-5,9-10,15-16,18,20H,6-8,11-14H2,1-2H3. The molecule has 0 N–H and O–H groups in total. The van der Waals surface area contributed by atoms with Gasteiger partial charge in [0.25, 0.3) is 0 Å². The number of aryl methyl sites for hydroxylation is 2. The third-order valence-corrected chi connectivity index (χ3v) is 5.18. The van der Waals surface area contributed by atoms with Gasteiger partial charge >= 0.3 is 0 Å². The molecule has 124 valence electrons. The van der Waals surface area contributed by atoms with Crippen LogP contribution in [0.1, 0.15) is 49.9 Å². The molecule has 1 saturated heterocycles. The molecule has 2 unspecified atom stereocenters. The van der Waals surface area contributed by atoms with Gasteiger partial charge < -0.3 is 4.57 Å². The summed E-state index contributed by atoms with van der Waals surface area (Å²) in [5, 5.41) is 0. The molecule has 2 aromatic rings. The molecule has 0 aliphatic carbocycles. The number of aromatic nitrogens is 2. The lowest BCUT2D eigenvalue weighted by atomic mass is 9.95. The van der Waals surface area contributed by atoms with Gasteiger partial charge in [0.05, 0.1) is 12.0 Å². The number of rotatable bonds is 6. The fourth-order valence-corrected chi connectivity index (χ4v) is 3.83. The zero-order chi connectivity index (χ0) is 16.1. The lowest BCUT2D eigenvalue weighted by Crippen LogP contribution is -2.44. The fourth-order valence-electron chi connectivity index (χ4n) is 3.83. The molecule has 1 fully saturated rings. The molecule has 2 heterocycles. The summed E-state index contributed by atoms with van der Waals surface area (Å²) in [5.74, 6) is 0. The van der Waals surface area contributed by atoms with Crippen molar-refractivity contribution in [2.45, 2.75) is 58.0 Å². The molecule has 0 radical (unpaired) electrons. The molecule has 0 bridgehead atoms. The smallest absolute Gasteiger partial charge is 0.0952 e. The molecule has 3 heteroatoms. The average Bonchev–Trinajstić information content (AvgIpc) is 3.02. The fraction of sp³-hybridized carbons (Fsp3) is 0.550. The minimum absolute atomic E-state index is 0.508. The Kier molecular flexibility index (Phi) is 5.50. The summed E-state index contributed by atoms with van der Waals surface area (Å²) >= 11 is 0. The zero-order valence-electron chi connectivity index (χ0n) is 14.5. The van der Waals surface area contributed by atoms with Gasteiger partial charge in [0.1, 0.15) is 0 Å². The van der Waals surface area contributed by atoms with E-state index in [2.05, 4.69) is 64.8 Å². The Labute approximate surface area is 140 Å². The SMILES string of the molecule is Cc1cn(C(C)C2CCCCN2CCCc2ccccc2)cn1. The van der Waals surface area contributed by atoms with E-state index in [0.717, 1.165) is 5.69 Å². The molecule has 23 heavy (non-hydrogen) atoms. The quantitative estimate of drug-likeness (QED) is 0.795. The van der Waals surface area contributed by atoms with Crippen LogP contribution in [0.3, 0.4) is 0 Å². The lowest BCUT2D eigenvalue weighted by molar-refractivity contribution is 0.107. The first-order valence-corrected chi connectivity index (χ1v) is 9.02. The van der Waals surface area contributed by atoms with Crippen LogP contribution in [0.15, 0.2) is 42.9 Å². The summed E-state index contributed by atoms with van der Waals surface area (Å²) < 4.78 is 2.30. The van der Waals surface area contributed by atoms with Gasteiger partial charge in [-0.2, -0.15) is 0 Å². The Hall–Kier alpha value is -1.61. The first kappa shape index (κ1) is 16.3. The zero-order valence-corrected chi connectivity index (χ0v) is 14.5. The molecule has 0 saturated carbocycles. The third kappa shape index (κ3) is 4.23. The number of imidazole rings is 1. The molecule has 0 spiro atoms. The van der Waals surface area contributed by atoms with Crippen LogP contribution in [-0.4, -0.2) is 33.6 Å². The van der Waals surface area contributed by atoms with Crippen molar-refractivity contribution in [1.29, 1.82) is 0 Å². The van der Waals surface area contributed by atoms with E-state index in [4.69, 9.17) is 0 Å². The van der Waals surface area contributed by atoms with Gasteiger partial charge in [-0.05, 0) is 58.2 Å². The second kappa shape index (κ2) is 7.78. The summed E-state index contributed by atoms with van der Waals surface area (Å²) in [5.41, 5.74) is 2.57. The molecule has 1 aromatic carbocycles. The van der Waals surface area contributed by atoms with Crippen LogP contribution in [0.25, 0.3) is 0 Å². The summed E-state index contributed by atoms with van der Waals surface area (Å²) in [6.45, 7) is 6.87. The highest BCUT2D eigenvalue weighted by Crippen LogP contribution is 2.27. The highest BCUT2D eigenvalue weighted by atomic mass is 15.2. The van der Waals surface area contributed by atoms with E-state index in [1.54, 1.807) is 0 Å². The van der Waals surface area contributed by atoms with Crippen LogP contribution in [0.4, 0.5) is 0 Å². The van der Waals surface area contributed by atoms with Gasteiger partial charge in [-0.15, -0.1) is 0 Å². The maximum absolute atomic E-state index is 4.40. The van der Waals surface area contributed by atoms with Gasteiger partial charge in [-0.1, -0.05) is 36.8 Å². The van der Waals surface area contributed by atoms with Crippen molar-refractivity contribution in [3.8, 4) is 0 Å². The van der Waals surface area contributed by atoms with E-state index in [0.29, 0.717) is 12.1 Å². The maximum atomic E-state index is 4.40. The summed E-state index contributed by atoms with van der Waals surface area (Å²) in [6, 6.07) is 12.0. The van der Waals surface area contributed by atoms with E-state index in [9.17, 15) is 0 Å². The second-order valence-corrected chi connectivity index (χ2v) is 6.89. The minimum atomic E-state index is 0.508. The minimum Gasteiger partial charge on any atom is -0.333 e. The van der Waals surface area contributed by atoms with Crippen molar-refractivity contribution in [3.05, 3.63) is 54.1 Å². The second-order valence-electron chi connectivity index (χ2n) is 6.89. The lowest BCUT2D eigenvalue weighted by Gasteiger charge is -2.39. The molecule has 3 rings (SSSR count). The van der Waals surface area contributed by atoms with Crippen LogP contribution in [0, 0.1) is 6.92 Å². The van der Waals surface area contributed by atoms with Crippen LogP contribution in [-0.2, 0) is 6.42 Å². The molecule has 0 amide bonds. The van der Waals surface area contributed by atoms with E-state index < -0.39 is 0 Å². The molecule has 3 nitrogen and oxygen atoms in total. The largest absolute Gasteiger partial charge is 0.333 e. The average molecular weight is 311 g/mol. The topological polar surface area (TPSA) is 21.1 Å². The van der Waals surface area contributed by atoms with Crippen molar-refractivity contribution in [2.75, 3.05) is 13.1 Å². The van der Waals surface area contributed by atoms with Crippen LogP contribution < -0.4 is 0 Å². The summed E-state index contributed by atoms with van der Waals surface area (Å²) in [6.07, 6.45) is 10.6. The predicted octanol–water partition coefficient (Wildman–Crippen LogP) is 4.24. The Bertz CT molecular complexity index is 590. The molecular weight excluding hydrogens is 282 g/mol. The highest BCUT2D eigenvalue weighted by Gasteiger charge is 2.27. The third-order valence-electron chi connectivity index (χ3n) is 5.18. The van der Waals surface area contributed by atoms with Crippen LogP contribution in [0.2, 0.25) is 0 Å². The van der Waals surface area contributed by atoms with Crippen molar-refractivity contribution in [1.82, 2.24) is 14.5 Å². The first-order chi connectivity index (χ1) is 11.2. The number of nitrogens with zero attached hydrogens (tertiary/aromatic N) is 3. The number of hydrogen-bond acceptors (Lipinski definition) is 2. The molecule has 1 aliphatic heterocycles. The number of piperidine rings is 1. The van der Waals surface area contributed by atoms with E-state index in [1.165, 1.54) is 50.8 Å². The Morgan fingerprint density at radius 2 is 2.04 bits per heavy atom. The van der Waals surface area contributed by atoms with Crippen molar-refractivity contribution < 1.29 is 0 Å². The van der Waals surface area contributed by atoms with E-state index in [1.807, 2.05) is 6.33 Å². The molecular formula is C20H29N3. The van der Waals surface area contributed by atoms with Crippen molar-refractivity contribution in [3.63, 3.8) is 0 Å². The van der Waals surface area contributed by atoms with Crippen molar-refractivity contribution >= 4 is 0 Å². The number of likely N-dealkylation sites (tertiary alicyclic amines) is 1. The monoisotopic (exact) mass is 311 g/mol. The number of benzene rings is 1. The number of hydrogen-bond donors (Lipinski definition) is 0. The summed E-state index contributed by atoms with van der Waals surface area (Å²) in [4.78, 5) is 7.12. The summed E-state index contributed by atoms with van der Waals surface area (Å²) in [7, 11) is 0. The van der Waals surface area contributed by atoms with E-state index in [-0.39, 0.29) is 0 Å². The molecule has 1 aromatic heterocycles. The van der Waals surface area contributed by atoms with Gasteiger partial charge in [0, 0.05) is 18.3 Å². The van der Waals surface area contributed by atoms with Gasteiger partial charge in [-0.3, -0.25) is 4.90 Å².